The average molecular weight is 342 g/mol. The molecule has 1 aliphatic rings. The summed E-state index contributed by atoms with van der Waals surface area (Å²) < 4.78 is 0. The number of nitrogen functional groups attached to an aromatic ring is 1. The van der Waals surface area contributed by atoms with Gasteiger partial charge in [-0.1, -0.05) is 32.4 Å². The van der Waals surface area contributed by atoms with Crippen molar-refractivity contribution in [2.75, 3.05) is 24.1 Å². The van der Waals surface area contributed by atoms with E-state index in [1.54, 1.807) is 4.90 Å². The van der Waals surface area contributed by atoms with Crippen LogP contribution in [0.1, 0.15) is 33.6 Å². The second-order valence-corrected chi connectivity index (χ2v) is 7.43. The van der Waals surface area contributed by atoms with E-state index in [-0.39, 0.29) is 17.3 Å². The van der Waals surface area contributed by atoms with Gasteiger partial charge >= 0.3 is 6.09 Å². The molecule has 2 heterocycles. The first kappa shape index (κ1) is 17.6. The van der Waals surface area contributed by atoms with Gasteiger partial charge < -0.3 is 21.1 Å². The van der Waals surface area contributed by atoms with Crippen molar-refractivity contribution < 1.29 is 9.90 Å². The van der Waals surface area contributed by atoms with Crippen molar-refractivity contribution in [3.8, 4) is 0 Å². The molecule has 8 heteroatoms. The zero-order valence-electron chi connectivity index (χ0n) is 13.7. The molecule has 7 nitrogen and oxygen atoms in total. The van der Waals surface area contributed by atoms with Gasteiger partial charge in [0, 0.05) is 19.1 Å². The lowest BCUT2D eigenvalue weighted by Gasteiger charge is -2.44. The number of rotatable bonds is 3. The van der Waals surface area contributed by atoms with E-state index in [0.717, 1.165) is 12.8 Å². The van der Waals surface area contributed by atoms with E-state index in [0.29, 0.717) is 29.8 Å². The first-order valence-corrected chi connectivity index (χ1v) is 8.07. The molecule has 2 atom stereocenters. The van der Waals surface area contributed by atoms with Gasteiger partial charge in [-0.2, -0.15) is 0 Å². The molecular weight excluding hydrogens is 318 g/mol. The van der Waals surface area contributed by atoms with Crippen molar-refractivity contribution in [1.82, 2.24) is 14.9 Å². The molecule has 0 aromatic carbocycles. The zero-order chi connectivity index (χ0) is 17.2. The molecule has 0 bridgehead atoms. The first-order valence-electron chi connectivity index (χ1n) is 7.69. The summed E-state index contributed by atoms with van der Waals surface area (Å²) in [6.45, 7) is 7.45. The minimum absolute atomic E-state index is 0.00788. The number of aromatic nitrogens is 2. The summed E-state index contributed by atoms with van der Waals surface area (Å²) >= 11 is 6.08. The van der Waals surface area contributed by atoms with Crippen LogP contribution in [-0.2, 0) is 0 Å². The molecule has 0 spiro atoms. The number of nitrogens with zero attached hydrogens (tertiary/aromatic N) is 3. The van der Waals surface area contributed by atoms with Crippen molar-refractivity contribution in [3.05, 3.63) is 11.3 Å². The van der Waals surface area contributed by atoms with Gasteiger partial charge in [0.2, 0.25) is 0 Å². The lowest BCUT2D eigenvalue weighted by Crippen LogP contribution is -2.52. The Labute approximate surface area is 141 Å². The SMILES string of the molecule is CC(C)(C)C1CC(CNc2ncnc(N)c2Cl)CCN1C(=O)O. The number of anilines is 2. The molecule has 1 aliphatic heterocycles. The summed E-state index contributed by atoms with van der Waals surface area (Å²) in [5, 5.41) is 12.9. The fourth-order valence-electron chi connectivity index (χ4n) is 3.02. The monoisotopic (exact) mass is 341 g/mol. The average Bonchev–Trinajstić information content (AvgIpc) is 2.47. The topological polar surface area (TPSA) is 104 Å². The number of hydrogen-bond donors (Lipinski definition) is 3. The minimum atomic E-state index is -0.844. The molecule has 1 fully saturated rings. The van der Waals surface area contributed by atoms with E-state index >= 15 is 0 Å². The Hall–Kier alpha value is -1.76. The molecule has 1 amide bonds. The van der Waals surface area contributed by atoms with Crippen LogP contribution in [0.15, 0.2) is 6.33 Å². The largest absolute Gasteiger partial charge is 0.465 e. The molecular formula is C15H24ClN5O2. The number of nitrogens with one attached hydrogen (secondary N) is 1. The number of carbonyl (C=O) groups is 1. The molecule has 1 saturated heterocycles. The fourth-order valence-corrected chi connectivity index (χ4v) is 3.19. The minimum Gasteiger partial charge on any atom is -0.465 e. The number of nitrogens with two attached hydrogens (primary N) is 1. The Morgan fingerprint density at radius 2 is 2.22 bits per heavy atom. The predicted octanol–water partition coefficient (Wildman–Crippen LogP) is 2.93. The molecule has 0 aliphatic carbocycles. The molecule has 1 aromatic rings. The van der Waals surface area contributed by atoms with E-state index in [1.807, 2.05) is 0 Å². The Kier molecular flexibility index (Phi) is 5.19. The number of amides is 1. The summed E-state index contributed by atoms with van der Waals surface area (Å²) in [6.07, 6.45) is 2.14. The summed E-state index contributed by atoms with van der Waals surface area (Å²) in [4.78, 5) is 20.9. The van der Waals surface area contributed by atoms with Gasteiger partial charge in [0.15, 0.2) is 0 Å². The quantitative estimate of drug-likeness (QED) is 0.780. The van der Waals surface area contributed by atoms with Gasteiger partial charge in [0.25, 0.3) is 0 Å². The Balaban J connectivity index is 2.02. The van der Waals surface area contributed by atoms with E-state index in [4.69, 9.17) is 17.3 Å². The molecule has 23 heavy (non-hydrogen) atoms. The second kappa shape index (κ2) is 6.78. The maximum Gasteiger partial charge on any atom is 0.407 e. The first-order chi connectivity index (χ1) is 10.7. The van der Waals surface area contributed by atoms with Gasteiger partial charge in [0.05, 0.1) is 0 Å². The summed E-state index contributed by atoms with van der Waals surface area (Å²) in [5.41, 5.74) is 5.56. The van der Waals surface area contributed by atoms with E-state index in [9.17, 15) is 9.90 Å². The van der Waals surface area contributed by atoms with Crippen LogP contribution in [0.4, 0.5) is 16.4 Å². The van der Waals surface area contributed by atoms with E-state index in [1.165, 1.54) is 6.33 Å². The maximum absolute atomic E-state index is 11.4. The van der Waals surface area contributed by atoms with Crippen molar-refractivity contribution >= 4 is 29.3 Å². The van der Waals surface area contributed by atoms with Crippen molar-refractivity contribution in [2.24, 2.45) is 11.3 Å². The van der Waals surface area contributed by atoms with Crippen LogP contribution in [0, 0.1) is 11.3 Å². The summed E-state index contributed by atoms with van der Waals surface area (Å²) in [6, 6.07) is -0.00788. The number of carboxylic acid groups (broad SMARTS) is 1. The number of piperidine rings is 1. The Bertz CT molecular complexity index is 575. The smallest absolute Gasteiger partial charge is 0.407 e. The number of hydrogen-bond acceptors (Lipinski definition) is 5. The second-order valence-electron chi connectivity index (χ2n) is 7.05. The van der Waals surface area contributed by atoms with Gasteiger partial charge in [-0.25, -0.2) is 14.8 Å². The Morgan fingerprint density at radius 3 is 2.83 bits per heavy atom. The van der Waals surface area contributed by atoms with Gasteiger partial charge in [-0.05, 0) is 24.2 Å². The fraction of sp³-hybridized carbons (Fsp3) is 0.667. The molecule has 0 saturated carbocycles. The van der Waals surface area contributed by atoms with Crippen molar-refractivity contribution in [2.45, 2.75) is 39.7 Å². The molecule has 2 unspecified atom stereocenters. The summed E-state index contributed by atoms with van der Waals surface area (Å²) in [7, 11) is 0. The number of likely N-dealkylation sites (tertiary alicyclic amines) is 1. The van der Waals surface area contributed by atoms with Gasteiger partial charge in [-0.15, -0.1) is 0 Å². The highest BCUT2D eigenvalue weighted by atomic mass is 35.5. The standard InChI is InChI=1S/C15H24ClN5O2/c1-15(2,3)10-6-9(4-5-21(10)14(22)23)7-18-13-11(16)12(17)19-8-20-13/h8-10H,4-7H2,1-3H3,(H,22,23)(H3,17,18,19,20). The summed E-state index contributed by atoms with van der Waals surface area (Å²) in [5.74, 6) is 1.12. The highest BCUT2D eigenvalue weighted by molar-refractivity contribution is 6.35. The number of halogens is 1. The van der Waals surface area contributed by atoms with Gasteiger partial charge in [0.1, 0.15) is 23.0 Å². The van der Waals surface area contributed by atoms with E-state index in [2.05, 4.69) is 36.1 Å². The predicted molar refractivity (Wildman–Crippen MR) is 90.6 cm³/mol. The van der Waals surface area contributed by atoms with Crippen molar-refractivity contribution in [1.29, 1.82) is 0 Å². The highest BCUT2D eigenvalue weighted by Crippen LogP contribution is 2.35. The van der Waals surface area contributed by atoms with Crippen LogP contribution in [0.25, 0.3) is 0 Å². The molecule has 1 aromatic heterocycles. The van der Waals surface area contributed by atoms with Crippen LogP contribution in [0.2, 0.25) is 5.02 Å². The molecule has 128 valence electrons. The lowest BCUT2D eigenvalue weighted by atomic mass is 9.77. The third kappa shape index (κ3) is 4.16. The normalized spacial score (nSPS) is 22.0. The Morgan fingerprint density at radius 1 is 1.52 bits per heavy atom. The molecule has 4 N–H and O–H groups in total. The molecule has 2 rings (SSSR count). The maximum atomic E-state index is 11.4. The zero-order valence-corrected chi connectivity index (χ0v) is 14.5. The van der Waals surface area contributed by atoms with Crippen LogP contribution in [0.5, 0.6) is 0 Å². The third-order valence-corrected chi connectivity index (χ3v) is 4.70. The van der Waals surface area contributed by atoms with Crippen LogP contribution in [-0.4, -0.2) is 45.2 Å². The third-order valence-electron chi connectivity index (χ3n) is 4.33. The van der Waals surface area contributed by atoms with Crippen LogP contribution >= 0.6 is 11.6 Å². The molecule has 0 radical (unpaired) electrons. The lowest BCUT2D eigenvalue weighted by molar-refractivity contribution is 0.0428. The van der Waals surface area contributed by atoms with Gasteiger partial charge in [-0.3, -0.25) is 0 Å². The van der Waals surface area contributed by atoms with Crippen LogP contribution in [0.3, 0.4) is 0 Å². The highest BCUT2D eigenvalue weighted by Gasteiger charge is 2.38. The van der Waals surface area contributed by atoms with E-state index < -0.39 is 6.09 Å². The van der Waals surface area contributed by atoms with Crippen LogP contribution < -0.4 is 11.1 Å². The van der Waals surface area contributed by atoms with Crippen molar-refractivity contribution in [3.63, 3.8) is 0 Å².